The second-order valence-electron chi connectivity index (χ2n) is 2.58. The van der Waals surface area contributed by atoms with Crippen LogP contribution in [-0.2, 0) is 9.53 Å². The van der Waals surface area contributed by atoms with Crippen LogP contribution in [0.5, 0.6) is 5.75 Å². The Morgan fingerprint density at radius 2 is 2.07 bits per heavy atom. The quantitative estimate of drug-likeness (QED) is 0.541. The third-order valence-electron chi connectivity index (χ3n) is 1.56. The van der Waals surface area contributed by atoms with Crippen LogP contribution in [0.1, 0.15) is 6.42 Å². The molecule has 0 unspecified atom stereocenters. The first-order valence-electron chi connectivity index (χ1n) is 4.26. The minimum atomic E-state index is -0.280. The molecule has 0 spiro atoms. The van der Waals surface area contributed by atoms with Gasteiger partial charge in [0.1, 0.15) is 5.75 Å². The van der Waals surface area contributed by atoms with E-state index in [9.17, 15) is 4.79 Å². The Morgan fingerprint density at radius 3 is 2.71 bits per heavy atom. The largest absolute Gasteiger partial charge is 0.469 e. The summed E-state index contributed by atoms with van der Waals surface area (Å²) in [4.78, 5) is 10.7. The lowest BCUT2D eigenvalue weighted by Gasteiger charge is -1.97. The summed E-state index contributed by atoms with van der Waals surface area (Å²) in [6, 6.07) is 9.34. The third-order valence-corrected chi connectivity index (χ3v) is 1.56. The summed E-state index contributed by atoms with van der Waals surface area (Å²) >= 11 is 0. The van der Waals surface area contributed by atoms with Gasteiger partial charge in [0.25, 0.3) is 0 Å². The van der Waals surface area contributed by atoms with Crippen LogP contribution in [0.15, 0.2) is 42.7 Å². The average Bonchev–Trinajstić information content (AvgIpc) is 2.25. The molecule has 0 saturated heterocycles. The first-order chi connectivity index (χ1) is 6.83. The van der Waals surface area contributed by atoms with Gasteiger partial charge in [-0.3, -0.25) is 4.79 Å². The average molecular weight is 192 g/mol. The van der Waals surface area contributed by atoms with Crippen molar-refractivity contribution in [2.45, 2.75) is 6.42 Å². The van der Waals surface area contributed by atoms with E-state index in [1.54, 1.807) is 6.08 Å². The lowest BCUT2D eigenvalue weighted by molar-refractivity contribution is -0.139. The summed E-state index contributed by atoms with van der Waals surface area (Å²) in [7, 11) is 1.36. The zero-order valence-electron chi connectivity index (χ0n) is 7.97. The highest BCUT2D eigenvalue weighted by Gasteiger charge is 1.93. The molecule has 0 saturated carbocycles. The van der Waals surface area contributed by atoms with Gasteiger partial charge in [-0.1, -0.05) is 18.2 Å². The van der Waals surface area contributed by atoms with Gasteiger partial charge in [0.2, 0.25) is 0 Å². The molecule has 0 atom stereocenters. The van der Waals surface area contributed by atoms with Gasteiger partial charge in [0, 0.05) is 0 Å². The van der Waals surface area contributed by atoms with Crippen molar-refractivity contribution in [2.24, 2.45) is 0 Å². The SMILES string of the molecule is COC(=O)C/C=C\Oc1ccccc1. The number of benzene rings is 1. The van der Waals surface area contributed by atoms with Crippen molar-refractivity contribution >= 4 is 5.97 Å². The third kappa shape index (κ3) is 3.76. The summed E-state index contributed by atoms with van der Waals surface area (Å²) in [5, 5.41) is 0. The fourth-order valence-electron chi connectivity index (χ4n) is 0.853. The number of rotatable bonds is 4. The number of hydrogen-bond donors (Lipinski definition) is 0. The maximum absolute atomic E-state index is 10.7. The van der Waals surface area contributed by atoms with Gasteiger partial charge >= 0.3 is 5.97 Å². The van der Waals surface area contributed by atoms with Crippen LogP contribution in [0, 0.1) is 0 Å². The Bertz CT molecular complexity index is 304. The molecule has 0 fully saturated rings. The fourth-order valence-corrected chi connectivity index (χ4v) is 0.853. The summed E-state index contributed by atoms with van der Waals surface area (Å²) < 4.78 is 9.67. The predicted molar refractivity (Wildman–Crippen MR) is 52.8 cm³/mol. The molecular formula is C11H12O3. The van der Waals surface area contributed by atoms with Gasteiger partial charge in [0.05, 0.1) is 19.8 Å². The molecule has 0 aliphatic carbocycles. The number of hydrogen-bond acceptors (Lipinski definition) is 3. The van der Waals surface area contributed by atoms with E-state index in [2.05, 4.69) is 4.74 Å². The van der Waals surface area contributed by atoms with Crippen LogP contribution in [0.25, 0.3) is 0 Å². The summed E-state index contributed by atoms with van der Waals surface area (Å²) in [6.07, 6.45) is 3.31. The normalized spacial score (nSPS) is 10.1. The summed E-state index contributed by atoms with van der Waals surface area (Å²) in [6.45, 7) is 0. The van der Waals surface area contributed by atoms with Crippen LogP contribution in [-0.4, -0.2) is 13.1 Å². The number of carbonyl (C=O) groups is 1. The molecular weight excluding hydrogens is 180 g/mol. The van der Waals surface area contributed by atoms with Gasteiger partial charge in [0.15, 0.2) is 0 Å². The lowest BCUT2D eigenvalue weighted by Crippen LogP contribution is -1.97. The number of para-hydroxylation sites is 1. The molecule has 1 rings (SSSR count). The van der Waals surface area contributed by atoms with Crippen LogP contribution < -0.4 is 4.74 Å². The predicted octanol–water partition coefficient (Wildman–Crippen LogP) is 2.14. The maximum atomic E-state index is 10.7. The van der Waals surface area contributed by atoms with Crippen molar-refractivity contribution in [1.82, 2.24) is 0 Å². The summed E-state index contributed by atoms with van der Waals surface area (Å²) in [5.41, 5.74) is 0. The molecule has 74 valence electrons. The van der Waals surface area contributed by atoms with E-state index in [0.29, 0.717) is 0 Å². The smallest absolute Gasteiger partial charge is 0.309 e. The van der Waals surface area contributed by atoms with E-state index < -0.39 is 0 Å². The van der Waals surface area contributed by atoms with E-state index in [1.807, 2.05) is 30.3 Å². The Morgan fingerprint density at radius 1 is 1.36 bits per heavy atom. The second-order valence-corrected chi connectivity index (χ2v) is 2.58. The summed E-state index contributed by atoms with van der Waals surface area (Å²) in [5.74, 6) is 0.464. The molecule has 0 aliphatic rings. The Balaban J connectivity index is 2.31. The molecule has 0 aromatic heterocycles. The highest BCUT2D eigenvalue weighted by molar-refractivity contribution is 5.70. The van der Waals surface area contributed by atoms with Crippen molar-refractivity contribution in [3.63, 3.8) is 0 Å². The van der Waals surface area contributed by atoms with Crippen LogP contribution in [0.2, 0.25) is 0 Å². The lowest BCUT2D eigenvalue weighted by atomic mass is 10.3. The molecule has 14 heavy (non-hydrogen) atoms. The Labute approximate surface area is 83.0 Å². The topological polar surface area (TPSA) is 35.5 Å². The first-order valence-corrected chi connectivity index (χ1v) is 4.26. The molecule has 3 nitrogen and oxygen atoms in total. The molecule has 0 aliphatic heterocycles. The number of carbonyl (C=O) groups excluding carboxylic acids is 1. The molecule has 0 bridgehead atoms. The van der Waals surface area contributed by atoms with Crippen LogP contribution in [0.3, 0.4) is 0 Å². The van der Waals surface area contributed by atoms with E-state index in [4.69, 9.17) is 4.74 Å². The molecule has 0 amide bonds. The maximum Gasteiger partial charge on any atom is 0.309 e. The van der Waals surface area contributed by atoms with Crippen molar-refractivity contribution < 1.29 is 14.3 Å². The fraction of sp³-hybridized carbons (Fsp3) is 0.182. The van der Waals surface area contributed by atoms with Gasteiger partial charge in [-0.25, -0.2) is 0 Å². The minimum Gasteiger partial charge on any atom is -0.469 e. The zero-order valence-corrected chi connectivity index (χ0v) is 7.97. The monoisotopic (exact) mass is 192 g/mol. The Kier molecular flexibility index (Phi) is 4.27. The van der Waals surface area contributed by atoms with Crippen molar-refractivity contribution in [2.75, 3.05) is 7.11 Å². The molecule has 0 radical (unpaired) electrons. The highest BCUT2D eigenvalue weighted by atomic mass is 16.5. The van der Waals surface area contributed by atoms with Crippen LogP contribution in [0.4, 0.5) is 0 Å². The molecule has 0 heterocycles. The van der Waals surface area contributed by atoms with Crippen molar-refractivity contribution in [3.8, 4) is 5.75 Å². The molecule has 1 aromatic rings. The molecule has 3 heteroatoms. The molecule has 1 aromatic carbocycles. The first kappa shape index (κ1) is 10.3. The van der Waals surface area contributed by atoms with Gasteiger partial charge in [-0.05, 0) is 18.2 Å². The standard InChI is InChI=1S/C11H12O3/c1-13-11(12)8-5-9-14-10-6-3-2-4-7-10/h2-7,9H,8H2,1H3/b9-5-. The highest BCUT2D eigenvalue weighted by Crippen LogP contribution is 2.08. The van der Waals surface area contributed by atoms with E-state index in [-0.39, 0.29) is 12.4 Å². The number of esters is 1. The van der Waals surface area contributed by atoms with Crippen molar-refractivity contribution in [1.29, 1.82) is 0 Å². The van der Waals surface area contributed by atoms with Gasteiger partial charge in [-0.2, -0.15) is 0 Å². The van der Waals surface area contributed by atoms with Crippen LogP contribution >= 0.6 is 0 Å². The van der Waals surface area contributed by atoms with E-state index in [0.717, 1.165) is 5.75 Å². The molecule has 0 N–H and O–H groups in total. The van der Waals surface area contributed by atoms with Gasteiger partial charge < -0.3 is 9.47 Å². The number of ether oxygens (including phenoxy) is 2. The number of methoxy groups -OCH3 is 1. The van der Waals surface area contributed by atoms with E-state index in [1.165, 1.54) is 13.4 Å². The minimum absolute atomic E-state index is 0.226. The Hall–Kier alpha value is -1.77. The second kappa shape index (κ2) is 5.80. The zero-order chi connectivity index (χ0) is 10.2. The van der Waals surface area contributed by atoms with Crippen molar-refractivity contribution in [3.05, 3.63) is 42.7 Å². The van der Waals surface area contributed by atoms with Gasteiger partial charge in [-0.15, -0.1) is 0 Å². The van der Waals surface area contributed by atoms with E-state index >= 15 is 0 Å².